The SMILES string of the molecule is CC(C)c1cccc(C(C)C)c1/N=C/c1cccc(/C=N/C(C)(C)C)n1. The third-order valence-electron chi connectivity index (χ3n) is 4.04. The Hall–Kier alpha value is -2.29. The summed E-state index contributed by atoms with van der Waals surface area (Å²) in [6.07, 6.45) is 3.69. The van der Waals surface area contributed by atoms with Crippen LogP contribution in [0.5, 0.6) is 0 Å². The average Bonchev–Trinajstić information content (AvgIpc) is 2.57. The molecule has 0 spiro atoms. The van der Waals surface area contributed by atoms with E-state index in [0.29, 0.717) is 11.8 Å². The predicted molar refractivity (Wildman–Crippen MR) is 113 cm³/mol. The molecule has 138 valence electrons. The van der Waals surface area contributed by atoms with Crippen LogP contribution >= 0.6 is 0 Å². The van der Waals surface area contributed by atoms with Crippen LogP contribution in [0.4, 0.5) is 5.69 Å². The molecule has 0 aliphatic heterocycles. The summed E-state index contributed by atoms with van der Waals surface area (Å²) in [6.45, 7) is 15.1. The van der Waals surface area contributed by atoms with Gasteiger partial charge in [0, 0.05) is 6.21 Å². The Balaban J connectivity index is 2.37. The zero-order valence-corrected chi connectivity index (χ0v) is 17.1. The molecule has 3 heteroatoms. The van der Waals surface area contributed by atoms with Gasteiger partial charge in [0.2, 0.25) is 0 Å². The van der Waals surface area contributed by atoms with E-state index in [1.807, 2.05) is 30.6 Å². The van der Waals surface area contributed by atoms with Crippen LogP contribution in [0.15, 0.2) is 46.4 Å². The lowest BCUT2D eigenvalue weighted by molar-refractivity contribution is 0.586. The van der Waals surface area contributed by atoms with Crippen LogP contribution in [-0.2, 0) is 0 Å². The van der Waals surface area contributed by atoms with Crippen molar-refractivity contribution in [3.05, 3.63) is 58.9 Å². The third-order valence-corrected chi connectivity index (χ3v) is 4.04. The zero-order valence-electron chi connectivity index (χ0n) is 17.1. The van der Waals surface area contributed by atoms with E-state index in [2.05, 4.69) is 76.6 Å². The lowest BCUT2D eigenvalue weighted by Crippen LogP contribution is -2.10. The highest BCUT2D eigenvalue weighted by molar-refractivity contribution is 5.83. The van der Waals surface area contributed by atoms with Gasteiger partial charge in [-0.3, -0.25) is 9.98 Å². The molecule has 3 nitrogen and oxygen atoms in total. The van der Waals surface area contributed by atoms with E-state index in [1.54, 1.807) is 0 Å². The van der Waals surface area contributed by atoms with Crippen LogP contribution in [0, 0.1) is 0 Å². The molecule has 0 aliphatic carbocycles. The molecular formula is C23H31N3. The molecule has 0 N–H and O–H groups in total. The highest BCUT2D eigenvalue weighted by atomic mass is 14.8. The quantitative estimate of drug-likeness (QED) is 0.584. The third kappa shape index (κ3) is 5.62. The monoisotopic (exact) mass is 349 g/mol. The summed E-state index contributed by atoms with van der Waals surface area (Å²) >= 11 is 0. The summed E-state index contributed by atoms with van der Waals surface area (Å²) in [5.41, 5.74) is 5.22. The zero-order chi connectivity index (χ0) is 19.3. The minimum absolute atomic E-state index is 0.103. The molecule has 0 fully saturated rings. The van der Waals surface area contributed by atoms with E-state index in [1.165, 1.54) is 11.1 Å². The second-order valence-electron chi connectivity index (χ2n) is 8.27. The Morgan fingerprint density at radius 2 is 1.31 bits per heavy atom. The van der Waals surface area contributed by atoms with Gasteiger partial charge in [-0.05, 0) is 55.9 Å². The van der Waals surface area contributed by atoms with E-state index in [0.717, 1.165) is 17.1 Å². The maximum absolute atomic E-state index is 4.84. The van der Waals surface area contributed by atoms with E-state index >= 15 is 0 Å². The van der Waals surface area contributed by atoms with E-state index < -0.39 is 0 Å². The molecule has 0 aliphatic rings. The van der Waals surface area contributed by atoms with E-state index in [4.69, 9.17) is 4.99 Å². The van der Waals surface area contributed by atoms with E-state index in [-0.39, 0.29) is 5.54 Å². The first kappa shape index (κ1) is 20.0. The molecule has 0 amide bonds. The van der Waals surface area contributed by atoms with Crippen molar-refractivity contribution in [2.75, 3.05) is 0 Å². The average molecular weight is 350 g/mol. The fourth-order valence-corrected chi connectivity index (χ4v) is 2.66. The number of rotatable bonds is 5. The number of nitrogens with zero attached hydrogens (tertiary/aromatic N) is 3. The van der Waals surface area contributed by atoms with E-state index in [9.17, 15) is 0 Å². The van der Waals surface area contributed by atoms with Gasteiger partial charge in [-0.2, -0.15) is 0 Å². The number of benzene rings is 1. The molecule has 1 aromatic carbocycles. The molecular weight excluding hydrogens is 318 g/mol. The van der Waals surface area contributed by atoms with Crippen molar-refractivity contribution in [1.29, 1.82) is 0 Å². The highest BCUT2D eigenvalue weighted by Crippen LogP contribution is 2.34. The summed E-state index contributed by atoms with van der Waals surface area (Å²) in [6, 6.07) is 12.4. The minimum Gasteiger partial charge on any atom is -0.285 e. The van der Waals surface area contributed by atoms with Gasteiger partial charge in [0.1, 0.15) is 0 Å². The lowest BCUT2D eigenvalue weighted by Gasteiger charge is -2.16. The summed E-state index contributed by atoms with van der Waals surface area (Å²) in [5.74, 6) is 0.859. The second-order valence-corrected chi connectivity index (χ2v) is 8.27. The van der Waals surface area contributed by atoms with Crippen LogP contribution < -0.4 is 0 Å². The van der Waals surface area contributed by atoms with Crippen molar-refractivity contribution in [3.8, 4) is 0 Å². The molecule has 0 radical (unpaired) electrons. The van der Waals surface area contributed by atoms with Crippen LogP contribution in [0.25, 0.3) is 0 Å². The number of hydrogen-bond acceptors (Lipinski definition) is 3. The second kappa shape index (κ2) is 8.39. The molecule has 1 aromatic heterocycles. The van der Waals surface area contributed by atoms with Crippen molar-refractivity contribution >= 4 is 18.1 Å². The number of hydrogen-bond donors (Lipinski definition) is 0. The fraction of sp³-hybridized carbons (Fsp3) is 0.435. The molecule has 2 aromatic rings. The maximum atomic E-state index is 4.84. The van der Waals surface area contributed by atoms with Crippen molar-refractivity contribution < 1.29 is 0 Å². The van der Waals surface area contributed by atoms with Crippen molar-refractivity contribution in [3.63, 3.8) is 0 Å². The summed E-state index contributed by atoms with van der Waals surface area (Å²) in [5, 5.41) is 0. The molecule has 0 saturated carbocycles. The van der Waals surface area contributed by atoms with Crippen LogP contribution in [0.2, 0.25) is 0 Å². The standard InChI is InChI=1S/C23H31N3/c1-16(2)20-12-9-13-21(17(3)4)22(20)24-14-18-10-8-11-19(26-18)15-25-23(5,6)7/h8-17H,1-7H3/b24-14+,25-15+. The van der Waals surface area contributed by atoms with Gasteiger partial charge in [0.25, 0.3) is 0 Å². The largest absolute Gasteiger partial charge is 0.285 e. The van der Waals surface area contributed by atoms with Crippen LogP contribution in [0.1, 0.15) is 82.8 Å². The Morgan fingerprint density at radius 1 is 0.808 bits per heavy atom. The van der Waals surface area contributed by atoms with Gasteiger partial charge in [-0.15, -0.1) is 0 Å². The Morgan fingerprint density at radius 3 is 1.81 bits per heavy atom. The molecule has 26 heavy (non-hydrogen) atoms. The Kier molecular flexibility index (Phi) is 6.47. The van der Waals surface area contributed by atoms with Crippen molar-refractivity contribution in [2.24, 2.45) is 9.98 Å². The Labute approximate surface area is 158 Å². The molecule has 0 unspecified atom stereocenters. The topological polar surface area (TPSA) is 37.6 Å². The number of aromatic nitrogens is 1. The van der Waals surface area contributed by atoms with Gasteiger partial charge >= 0.3 is 0 Å². The predicted octanol–water partition coefficient (Wildman–Crippen LogP) is 6.30. The summed E-state index contributed by atoms with van der Waals surface area (Å²) < 4.78 is 0. The molecule has 0 atom stereocenters. The highest BCUT2D eigenvalue weighted by Gasteiger charge is 2.12. The first-order valence-corrected chi connectivity index (χ1v) is 9.36. The molecule has 1 heterocycles. The van der Waals surface area contributed by atoms with Gasteiger partial charge < -0.3 is 0 Å². The summed E-state index contributed by atoms with van der Waals surface area (Å²) in [7, 11) is 0. The van der Waals surface area contributed by atoms with Crippen molar-refractivity contribution in [1.82, 2.24) is 4.98 Å². The Bertz CT molecular complexity index is 767. The maximum Gasteiger partial charge on any atom is 0.0820 e. The minimum atomic E-state index is -0.103. The van der Waals surface area contributed by atoms with Gasteiger partial charge in [-0.1, -0.05) is 52.0 Å². The molecule has 2 rings (SSSR count). The number of aliphatic imine (C=N–C) groups is 2. The smallest absolute Gasteiger partial charge is 0.0820 e. The van der Waals surface area contributed by atoms with Gasteiger partial charge in [0.15, 0.2) is 0 Å². The first-order valence-electron chi connectivity index (χ1n) is 9.36. The van der Waals surface area contributed by atoms with Gasteiger partial charge in [0.05, 0.1) is 28.8 Å². The van der Waals surface area contributed by atoms with Gasteiger partial charge in [-0.25, -0.2) is 4.98 Å². The number of para-hydroxylation sites is 1. The number of pyridine rings is 1. The first-order chi connectivity index (χ1) is 12.2. The molecule has 0 saturated heterocycles. The van der Waals surface area contributed by atoms with Crippen LogP contribution in [0.3, 0.4) is 0 Å². The lowest BCUT2D eigenvalue weighted by atomic mass is 9.93. The fourth-order valence-electron chi connectivity index (χ4n) is 2.66. The normalized spacial score (nSPS) is 12.8. The molecule has 0 bridgehead atoms. The van der Waals surface area contributed by atoms with Crippen LogP contribution in [-0.4, -0.2) is 23.0 Å². The van der Waals surface area contributed by atoms with Crippen molar-refractivity contribution in [2.45, 2.75) is 65.8 Å². The summed E-state index contributed by atoms with van der Waals surface area (Å²) in [4.78, 5) is 14.0.